The lowest BCUT2D eigenvalue weighted by Crippen LogP contribution is -2.43. The standard InChI is InChI=1S/C28H29F2N3O5S/c1-6-32(7-2)26(35)23-16(3)31-28-33(24(23)20-15-19(36-4)12-13-21(20)37-5)25(34)22(39-28)14-17-8-10-18(11-9-17)38-27(29)30/h8-15,24,27H,6-7H2,1-5H3/b22-14-/t24-/m1/s1. The summed E-state index contributed by atoms with van der Waals surface area (Å²) in [4.78, 5) is 34.4. The third kappa shape index (κ3) is 5.58. The lowest BCUT2D eigenvalue weighted by atomic mass is 9.93. The van der Waals surface area contributed by atoms with Crippen LogP contribution in [0.3, 0.4) is 0 Å². The highest BCUT2D eigenvalue weighted by Crippen LogP contribution is 2.38. The van der Waals surface area contributed by atoms with Crippen molar-refractivity contribution in [2.45, 2.75) is 33.4 Å². The van der Waals surface area contributed by atoms with Gasteiger partial charge in [0, 0.05) is 18.7 Å². The zero-order chi connectivity index (χ0) is 28.3. The van der Waals surface area contributed by atoms with Crippen molar-refractivity contribution in [1.82, 2.24) is 9.47 Å². The average Bonchev–Trinajstić information content (AvgIpc) is 3.22. The lowest BCUT2D eigenvalue weighted by Gasteiger charge is -2.30. The maximum atomic E-state index is 13.9. The summed E-state index contributed by atoms with van der Waals surface area (Å²) < 4.78 is 42.4. The molecule has 0 aliphatic carbocycles. The van der Waals surface area contributed by atoms with Gasteiger partial charge in [-0.25, -0.2) is 4.99 Å². The molecule has 1 aromatic heterocycles. The number of fused-ring (bicyclic) bond motifs is 1. The first-order valence-corrected chi connectivity index (χ1v) is 13.1. The van der Waals surface area contributed by atoms with Crippen LogP contribution in [0.4, 0.5) is 8.78 Å². The second-order valence-electron chi connectivity index (χ2n) is 8.61. The molecule has 0 unspecified atom stereocenters. The van der Waals surface area contributed by atoms with Crippen molar-refractivity contribution in [3.05, 3.63) is 84.5 Å². The summed E-state index contributed by atoms with van der Waals surface area (Å²) in [5.41, 5.74) is 1.73. The fourth-order valence-corrected chi connectivity index (χ4v) is 5.57. The van der Waals surface area contributed by atoms with Crippen molar-refractivity contribution in [2.24, 2.45) is 4.99 Å². The summed E-state index contributed by atoms with van der Waals surface area (Å²) in [6.45, 7) is 3.60. The molecule has 1 aliphatic rings. The molecule has 1 aliphatic heterocycles. The smallest absolute Gasteiger partial charge is 0.387 e. The van der Waals surface area contributed by atoms with E-state index in [2.05, 4.69) is 9.73 Å². The molecule has 206 valence electrons. The van der Waals surface area contributed by atoms with Crippen molar-refractivity contribution < 1.29 is 27.8 Å². The molecular weight excluding hydrogens is 528 g/mol. The highest BCUT2D eigenvalue weighted by molar-refractivity contribution is 7.07. The first-order valence-electron chi connectivity index (χ1n) is 12.3. The van der Waals surface area contributed by atoms with Crippen LogP contribution in [0, 0.1) is 0 Å². The molecule has 4 rings (SSSR count). The third-order valence-corrected chi connectivity index (χ3v) is 7.42. The van der Waals surface area contributed by atoms with Crippen LogP contribution < -0.4 is 29.1 Å². The molecule has 8 nitrogen and oxygen atoms in total. The Kier molecular flexibility index (Phi) is 8.49. The fraction of sp³-hybridized carbons (Fsp3) is 0.321. The number of ether oxygens (including phenoxy) is 3. The topological polar surface area (TPSA) is 82.4 Å². The van der Waals surface area contributed by atoms with E-state index in [-0.39, 0.29) is 17.2 Å². The molecule has 0 spiro atoms. The number of amides is 1. The number of benzene rings is 2. The predicted molar refractivity (Wildman–Crippen MR) is 144 cm³/mol. The third-order valence-electron chi connectivity index (χ3n) is 6.44. The molecular formula is C28H29F2N3O5S. The molecule has 0 N–H and O–H groups in total. The quantitative estimate of drug-likeness (QED) is 0.401. The van der Waals surface area contributed by atoms with E-state index in [1.54, 1.807) is 48.2 Å². The van der Waals surface area contributed by atoms with Gasteiger partial charge in [0.05, 0.1) is 30.0 Å². The van der Waals surface area contributed by atoms with Gasteiger partial charge in [0.1, 0.15) is 23.3 Å². The van der Waals surface area contributed by atoms with E-state index in [1.807, 2.05) is 13.8 Å². The molecule has 0 bridgehead atoms. The van der Waals surface area contributed by atoms with Crippen LogP contribution in [0.25, 0.3) is 6.08 Å². The Balaban J connectivity index is 1.94. The van der Waals surface area contributed by atoms with Gasteiger partial charge >= 0.3 is 6.61 Å². The van der Waals surface area contributed by atoms with E-state index in [0.717, 1.165) is 0 Å². The Morgan fingerprint density at radius 3 is 2.36 bits per heavy atom. The normalized spacial score (nSPS) is 15.2. The number of aromatic nitrogens is 1. The number of nitrogens with zero attached hydrogens (tertiary/aromatic N) is 3. The second kappa shape index (κ2) is 11.8. The van der Waals surface area contributed by atoms with Gasteiger partial charge in [0.15, 0.2) is 4.80 Å². The number of halogens is 2. The van der Waals surface area contributed by atoms with E-state index < -0.39 is 12.7 Å². The number of rotatable bonds is 9. The summed E-state index contributed by atoms with van der Waals surface area (Å²) in [6, 6.07) is 10.4. The first-order chi connectivity index (χ1) is 18.7. The molecule has 11 heteroatoms. The summed E-state index contributed by atoms with van der Waals surface area (Å²) >= 11 is 1.18. The van der Waals surface area contributed by atoms with Crippen molar-refractivity contribution in [3.63, 3.8) is 0 Å². The summed E-state index contributed by atoms with van der Waals surface area (Å²) in [7, 11) is 3.07. The Bertz CT molecular complexity index is 1570. The molecule has 0 radical (unpaired) electrons. The number of hydrogen-bond acceptors (Lipinski definition) is 7. The number of thiazole rings is 1. The molecule has 1 amide bonds. The first kappa shape index (κ1) is 28.0. The van der Waals surface area contributed by atoms with Crippen LogP contribution >= 0.6 is 11.3 Å². The predicted octanol–water partition coefficient (Wildman–Crippen LogP) is 3.72. The number of methoxy groups -OCH3 is 2. The molecule has 3 aromatic rings. The number of likely N-dealkylation sites (N-methyl/N-ethyl adjacent to an activating group) is 1. The minimum Gasteiger partial charge on any atom is -0.497 e. The lowest BCUT2D eigenvalue weighted by molar-refractivity contribution is -0.127. The summed E-state index contributed by atoms with van der Waals surface area (Å²) in [5.74, 6) is 0.830. The molecule has 0 saturated carbocycles. The SMILES string of the molecule is CCN(CC)C(=O)C1=C(C)N=c2s/c(=C\c3ccc(OC(F)F)cc3)c(=O)n2[C@@H]1c1cc(OC)ccc1OC. The van der Waals surface area contributed by atoms with Gasteiger partial charge in [-0.1, -0.05) is 23.5 Å². The molecule has 1 atom stereocenters. The highest BCUT2D eigenvalue weighted by Gasteiger charge is 2.36. The van der Waals surface area contributed by atoms with Crippen LogP contribution in [0.15, 0.2) is 63.5 Å². The van der Waals surface area contributed by atoms with Crippen molar-refractivity contribution in [2.75, 3.05) is 27.3 Å². The zero-order valence-electron chi connectivity index (χ0n) is 22.2. The van der Waals surface area contributed by atoms with Gasteiger partial charge in [0.2, 0.25) is 0 Å². The molecule has 2 heterocycles. The van der Waals surface area contributed by atoms with Crippen LogP contribution in [-0.2, 0) is 4.79 Å². The minimum absolute atomic E-state index is 0.0175. The van der Waals surface area contributed by atoms with E-state index in [1.165, 1.54) is 42.3 Å². The number of alkyl halides is 2. The van der Waals surface area contributed by atoms with Gasteiger partial charge in [-0.3, -0.25) is 14.2 Å². The van der Waals surface area contributed by atoms with Crippen LogP contribution in [0.2, 0.25) is 0 Å². The van der Waals surface area contributed by atoms with E-state index in [9.17, 15) is 18.4 Å². The Morgan fingerprint density at radius 1 is 1.10 bits per heavy atom. The number of hydrogen-bond donors (Lipinski definition) is 0. The van der Waals surface area contributed by atoms with Gasteiger partial charge in [-0.05, 0) is 62.7 Å². The summed E-state index contributed by atoms with van der Waals surface area (Å²) in [6.07, 6.45) is 1.65. The maximum absolute atomic E-state index is 13.9. The highest BCUT2D eigenvalue weighted by atomic mass is 32.1. The Labute approximate surface area is 228 Å². The minimum atomic E-state index is -2.93. The number of allylic oxidation sites excluding steroid dienone is 1. The van der Waals surface area contributed by atoms with Crippen molar-refractivity contribution in [3.8, 4) is 17.2 Å². The van der Waals surface area contributed by atoms with Crippen LogP contribution in [0.5, 0.6) is 17.2 Å². The Hall–Kier alpha value is -3.99. The van der Waals surface area contributed by atoms with Gasteiger partial charge in [0.25, 0.3) is 11.5 Å². The van der Waals surface area contributed by atoms with Crippen LogP contribution in [-0.4, -0.2) is 49.3 Å². The van der Waals surface area contributed by atoms with Crippen molar-refractivity contribution in [1.29, 1.82) is 0 Å². The van der Waals surface area contributed by atoms with E-state index in [0.29, 0.717) is 56.3 Å². The van der Waals surface area contributed by atoms with Crippen LogP contribution in [0.1, 0.15) is 37.9 Å². The molecule has 39 heavy (non-hydrogen) atoms. The monoisotopic (exact) mass is 557 g/mol. The van der Waals surface area contributed by atoms with Crippen molar-refractivity contribution >= 4 is 23.3 Å². The van der Waals surface area contributed by atoms with E-state index >= 15 is 0 Å². The van der Waals surface area contributed by atoms with Gasteiger partial charge < -0.3 is 19.1 Å². The average molecular weight is 558 g/mol. The van der Waals surface area contributed by atoms with Gasteiger partial charge in [-0.15, -0.1) is 0 Å². The van der Waals surface area contributed by atoms with Gasteiger partial charge in [-0.2, -0.15) is 8.78 Å². The number of carbonyl (C=O) groups is 1. The molecule has 0 saturated heterocycles. The molecule has 0 fully saturated rings. The summed E-state index contributed by atoms with van der Waals surface area (Å²) in [5, 5.41) is 0. The molecule has 2 aromatic carbocycles. The Morgan fingerprint density at radius 2 is 1.77 bits per heavy atom. The second-order valence-corrected chi connectivity index (χ2v) is 9.62. The van der Waals surface area contributed by atoms with E-state index in [4.69, 9.17) is 9.47 Å². The largest absolute Gasteiger partial charge is 0.497 e. The number of carbonyl (C=O) groups excluding carboxylic acids is 1. The maximum Gasteiger partial charge on any atom is 0.387 e. The zero-order valence-corrected chi connectivity index (χ0v) is 23.1. The fourth-order valence-electron chi connectivity index (χ4n) is 4.52.